The van der Waals surface area contributed by atoms with E-state index in [2.05, 4.69) is 38.6 Å². The normalized spacial score (nSPS) is 11.8. The van der Waals surface area contributed by atoms with Crippen molar-refractivity contribution in [2.45, 2.75) is 39.0 Å². The Morgan fingerprint density at radius 1 is 1.09 bits per heavy atom. The third kappa shape index (κ3) is 7.08. The molecule has 0 aliphatic heterocycles. The van der Waals surface area contributed by atoms with Gasteiger partial charge in [-0.25, -0.2) is 9.97 Å². The van der Waals surface area contributed by atoms with Crippen LogP contribution in [0.5, 0.6) is 0 Å². The smallest absolute Gasteiger partial charge is 0.228 e. The van der Waals surface area contributed by atoms with Crippen LogP contribution < -0.4 is 10.6 Å². The number of allylic oxidation sites excluding steroid dienone is 2. The Balaban J connectivity index is 1.62. The van der Waals surface area contributed by atoms with Gasteiger partial charge in [-0.15, -0.1) is 0 Å². The van der Waals surface area contributed by atoms with E-state index in [0.717, 1.165) is 34.4 Å². The number of benzene rings is 2. The topological polar surface area (TPSA) is 103 Å². The zero-order valence-electron chi connectivity index (χ0n) is 20.5. The van der Waals surface area contributed by atoms with E-state index in [1.54, 1.807) is 25.7 Å². The molecule has 2 aromatic carbocycles. The molecule has 3 rings (SSSR count). The molecular formula is C28H30N6O. The predicted octanol–water partition coefficient (Wildman–Crippen LogP) is 5.53. The average molecular weight is 467 g/mol. The number of hydrogen-bond acceptors (Lipinski definition) is 6. The summed E-state index contributed by atoms with van der Waals surface area (Å²) < 4.78 is 0. The fourth-order valence-electron chi connectivity index (χ4n) is 3.42. The maximum Gasteiger partial charge on any atom is 0.228 e. The summed E-state index contributed by atoms with van der Waals surface area (Å²) in [6.07, 6.45) is 8.40. The zero-order chi connectivity index (χ0) is 25.3. The minimum Gasteiger partial charge on any atom is -0.326 e. The summed E-state index contributed by atoms with van der Waals surface area (Å²) in [5.74, 6) is 0.388. The molecule has 0 aliphatic carbocycles. The van der Waals surface area contributed by atoms with Crippen molar-refractivity contribution in [3.05, 3.63) is 83.8 Å². The van der Waals surface area contributed by atoms with Crippen molar-refractivity contribution in [1.29, 1.82) is 5.26 Å². The molecule has 0 aliphatic rings. The predicted molar refractivity (Wildman–Crippen MR) is 141 cm³/mol. The number of aliphatic imine (C=N–C) groups is 1. The molecule has 178 valence electrons. The minimum atomic E-state index is -0.618. The molecule has 0 bridgehead atoms. The highest BCUT2D eigenvalue weighted by Crippen LogP contribution is 2.25. The van der Waals surface area contributed by atoms with Gasteiger partial charge >= 0.3 is 0 Å². The second-order valence-electron chi connectivity index (χ2n) is 8.61. The molecule has 1 heterocycles. The number of carbonyl (C=O) groups excluding carboxylic acids is 1. The van der Waals surface area contributed by atoms with Crippen LogP contribution in [0.25, 0.3) is 11.1 Å². The lowest BCUT2D eigenvalue weighted by Crippen LogP contribution is -2.17. The van der Waals surface area contributed by atoms with Crippen LogP contribution in [0.3, 0.4) is 0 Å². The molecule has 7 heteroatoms. The third-order valence-electron chi connectivity index (χ3n) is 5.40. The van der Waals surface area contributed by atoms with E-state index in [0.29, 0.717) is 11.6 Å². The number of nitrogens with zero attached hydrogens (tertiary/aromatic N) is 4. The lowest BCUT2D eigenvalue weighted by atomic mass is 9.86. The molecule has 7 nitrogen and oxygen atoms in total. The number of carbonyl (C=O) groups is 1. The second-order valence-corrected chi connectivity index (χ2v) is 8.61. The summed E-state index contributed by atoms with van der Waals surface area (Å²) in [5, 5.41) is 15.4. The summed E-state index contributed by atoms with van der Waals surface area (Å²) in [6, 6.07) is 17.5. The Morgan fingerprint density at radius 2 is 1.80 bits per heavy atom. The zero-order valence-corrected chi connectivity index (χ0v) is 20.5. The van der Waals surface area contributed by atoms with E-state index in [-0.39, 0.29) is 12.3 Å². The van der Waals surface area contributed by atoms with Crippen LogP contribution in [0.1, 0.15) is 38.3 Å². The van der Waals surface area contributed by atoms with Crippen molar-refractivity contribution in [3.8, 4) is 17.2 Å². The quantitative estimate of drug-likeness (QED) is 0.404. The monoisotopic (exact) mass is 466 g/mol. The summed E-state index contributed by atoms with van der Waals surface area (Å²) in [5.41, 5.74) is 4.52. The van der Waals surface area contributed by atoms with Crippen molar-refractivity contribution < 1.29 is 4.79 Å². The maximum atomic E-state index is 12.6. The molecule has 0 unspecified atom stereocenters. The number of nitriles is 1. The molecular weight excluding hydrogens is 436 g/mol. The van der Waals surface area contributed by atoms with Crippen LogP contribution in [-0.4, -0.2) is 29.1 Å². The highest BCUT2D eigenvalue weighted by atomic mass is 16.1. The van der Waals surface area contributed by atoms with Crippen molar-refractivity contribution in [1.82, 2.24) is 9.97 Å². The number of amides is 1. The van der Waals surface area contributed by atoms with Gasteiger partial charge in [-0.2, -0.15) is 5.26 Å². The van der Waals surface area contributed by atoms with Crippen LogP contribution in [0, 0.1) is 11.3 Å². The minimum absolute atomic E-state index is 0.116. The second kappa shape index (κ2) is 11.7. The SMILES string of the molecule is CC/C=C(\C=NC)Nc1ncc(-c2ccc(CC(=O)Nc3cccc(C(C)(C)C#N)c3)cc2)cn1. The third-order valence-corrected chi connectivity index (χ3v) is 5.40. The molecule has 0 saturated heterocycles. The van der Waals surface area contributed by atoms with E-state index in [1.807, 2.05) is 68.5 Å². The van der Waals surface area contributed by atoms with E-state index >= 15 is 0 Å². The van der Waals surface area contributed by atoms with Gasteiger partial charge < -0.3 is 10.6 Å². The van der Waals surface area contributed by atoms with Crippen molar-refractivity contribution in [2.75, 3.05) is 17.7 Å². The van der Waals surface area contributed by atoms with Gasteiger partial charge in [0.1, 0.15) is 0 Å². The first-order chi connectivity index (χ1) is 16.8. The maximum absolute atomic E-state index is 12.6. The number of rotatable bonds is 9. The Labute approximate surface area is 206 Å². The van der Waals surface area contributed by atoms with E-state index in [9.17, 15) is 10.1 Å². The molecule has 2 N–H and O–H groups in total. The van der Waals surface area contributed by atoms with Gasteiger partial charge in [0, 0.05) is 36.9 Å². The molecule has 0 atom stereocenters. The number of anilines is 2. The van der Waals surface area contributed by atoms with Gasteiger partial charge in [0.25, 0.3) is 0 Å². The van der Waals surface area contributed by atoms with Gasteiger partial charge in [-0.05, 0) is 49.1 Å². The molecule has 0 saturated carbocycles. The number of nitrogens with one attached hydrogen (secondary N) is 2. The lowest BCUT2D eigenvalue weighted by Gasteiger charge is -2.17. The fraction of sp³-hybridized carbons (Fsp3) is 0.250. The Kier molecular flexibility index (Phi) is 8.47. The molecule has 0 radical (unpaired) electrons. The van der Waals surface area contributed by atoms with E-state index in [1.165, 1.54) is 0 Å². The van der Waals surface area contributed by atoms with E-state index < -0.39 is 5.41 Å². The highest BCUT2D eigenvalue weighted by molar-refractivity contribution is 5.92. The van der Waals surface area contributed by atoms with Crippen LogP contribution in [0.4, 0.5) is 11.6 Å². The van der Waals surface area contributed by atoms with Gasteiger partial charge in [0.2, 0.25) is 11.9 Å². The van der Waals surface area contributed by atoms with Gasteiger partial charge in [0.15, 0.2) is 0 Å². The van der Waals surface area contributed by atoms with Crippen molar-refractivity contribution in [3.63, 3.8) is 0 Å². The molecule has 0 fully saturated rings. The molecule has 1 amide bonds. The number of hydrogen-bond donors (Lipinski definition) is 2. The standard InChI is InChI=1S/C28H30N6O/c1-5-7-25(18-30-4)34-27-31-16-22(17-32-27)21-12-10-20(11-13-21)14-26(35)33-24-9-6-8-23(15-24)28(2,3)19-29/h6-13,15-18H,5,14H2,1-4H3,(H,33,35)(H,31,32,34)/b25-7+,30-18?. The summed E-state index contributed by atoms with van der Waals surface area (Å²) in [4.78, 5) is 25.4. The lowest BCUT2D eigenvalue weighted by molar-refractivity contribution is -0.115. The fourth-order valence-corrected chi connectivity index (χ4v) is 3.42. The molecule has 0 spiro atoms. The first-order valence-electron chi connectivity index (χ1n) is 11.5. The molecule has 3 aromatic rings. The summed E-state index contributed by atoms with van der Waals surface area (Å²) in [6.45, 7) is 5.76. The van der Waals surface area contributed by atoms with Crippen molar-refractivity contribution >= 4 is 23.8 Å². The molecule has 35 heavy (non-hydrogen) atoms. The van der Waals surface area contributed by atoms with Crippen LogP contribution in [0.2, 0.25) is 0 Å². The average Bonchev–Trinajstić information content (AvgIpc) is 2.85. The Morgan fingerprint density at radius 3 is 2.43 bits per heavy atom. The van der Waals surface area contributed by atoms with Crippen LogP contribution in [-0.2, 0) is 16.6 Å². The van der Waals surface area contributed by atoms with Gasteiger partial charge in [-0.1, -0.05) is 49.4 Å². The van der Waals surface area contributed by atoms with Crippen LogP contribution >= 0.6 is 0 Å². The van der Waals surface area contributed by atoms with Gasteiger partial charge in [0.05, 0.1) is 23.6 Å². The first kappa shape index (κ1) is 25.3. The number of aromatic nitrogens is 2. The highest BCUT2D eigenvalue weighted by Gasteiger charge is 2.20. The largest absolute Gasteiger partial charge is 0.326 e. The Hall–Kier alpha value is -4.31. The van der Waals surface area contributed by atoms with Crippen molar-refractivity contribution in [2.24, 2.45) is 4.99 Å². The molecule has 1 aromatic heterocycles. The summed E-state index contributed by atoms with van der Waals surface area (Å²) >= 11 is 0. The van der Waals surface area contributed by atoms with Gasteiger partial charge in [-0.3, -0.25) is 9.79 Å². The van der Waals surface area contributed by atoms with E-state index in [4.69, 9.17) is 0 Å². The van der Waals surface area contributed by atoms with Crippen LogP contribution in [0.15, 0.2) is 77.7 Å². The first-order valence-corrected chi connectivity index (χ1v) is 11.5. The summed E-state index contributed by atoms with van der Waals surface area (Å²) in [7, 11) is 1.72. The Bertz CT molecular complexity index is 1250.